The Balaban J connectivity index is 3.64. The fraction of sp³-hybridized carbons (Fsp3) is 0.500. The van der Waals surface area contributed by atoms with Crippen molar-refractivity contribution in [1.29, 1.82) is 0 Å². The topological polar surface area (TPSA) is 0 Å². The highest BCUT2D eigenvalue weighted by atomic mass is 32.5. The van der Waals surface area contributed by atoms with Crippen LogP contribution in [0, 0.1) is 0 Å². The first-order chi connectivity index (χ1) is 7.72. The zero-order valence-electron chi connectivity index (χ0n) is 10.7. The van der Waals surface area contributed by atoms with E-state index in [1.165, 1.54) is 19.9 Å². The average molecular weight is 288 g/mol. The van der Waals surface area contributed by atoms with Crippen molar-refractivity contribution in [2.75, 3.05) is 0 Å². The fourth-order valence-electron chi connectivity index (χ4n) is 1.72. The smallest absolute Gasteiger partial charge is 0.0936 e. The van der Waals surface area contributed by atoms with Gasteiger partial charge in [0.05, 0.1) is 0 Å². The molecule has 6 heteroatoms. The normalized spacial score (nSPS) is 16.8. The van der Waals surface area contributed by atoms with E-state index in [0.717, 1.165) is 6.07 Å². The van der Waals surface area contributed by atoms with E-state index in [2.05, 4.69) is 0 Å². The van der Waals surface area contributed by atoms with E-state index >= 15 is 0 Å². The maximum absolute atomic E-state index is 13.0. The summed E-state index contributed by atoms with van der Waals surface area (Å²) in [5, 5.41) is 0. The molecule has 1 rings (SSSR count). The van der Waals surface area contributed by atoms with Crippen LogP contribution in [0.1, 0.15) is 50.7 Å². The van der Waals surface area contributed by atoms with E-state index in [-0.39, 0.29) is 17.0 Å². The second-order valence-corrected chi connectivity index (χ2v) is 7.45. The van der Waals surface area contributed by atoms with Crippen molar-refractivity contribution < 1.29 is 19.4 Å². The second kappa shape index (κ2) is 3.62. The van der Waals surface area contributed by atoms with Crippen molar-refractivity contribution >= 4 is 10.2 Å². The fourth-order valence-corrected chi connectivity index (χ4v) is 2.83. The van der Waals surface area contributed by atoms with Gasteiger partial charge < -0.3 is 0 Å². The Kier molecular flexibility index (Phi) is 3.07. The monoisotopic (exact) mass is 288 g/mol. The molecule has 0 aliphatic heterocycles. The van der Waals surface area contributed by atoms with Crippen LogP contribution in [0.25, 0.3) is 0 Å². The molecule has 0 nitrogen and oxygen atoms in total. The Morgan fingerprint density at radius 3 is 1.67 bits per heavy atom. The van der Waals surface area contributed by atoms with Crippen molar-refractivity contribution in [2.24, 2.45) is 0 Å². The summed E-state index contributed by atoms with van der Waals surface area (Å²) in [4.78, 5) is -1.74. The van der Waals surface area contributed by atoms with Crippen LogP contribution < -0.4 is 0 Å². The lowest BCUT2D eigenvalue weighted by atomic mass is 9.97. The quantitative estimate of drug-likeness (QED) is 0.550. The summed E-state index contributed by atoms with van der Waals surface area (Å²) < 4.78 is 65.1. The molecule has 0 fully saturated rings. The Morgan fingerprint density at radius 2 is 1.33 bits per heavy atom. The molecule has 1 aromatic carbocycles. The molecule has 0 aliphatic rings. The highest BCUT2D eigenvalue weighted by Crippen LogP contribution is 3.02. The van der Waals surface area contributed by atoms with Gasteiger partial charge in [-0.2, -0.15) is 0 Å². The Bertz CT molecular complexity index is 458. The van der Waals surface area contributed by atoms with E-state index in [4.69, 9.17) is 0 Å². The van der Waals surface area contributed by atoms with Crippen molar-refractivity contribution in [3.63, 3.8) is 0 Å². The molecule has 0 aliphatic carbocycles. The Hall–Kier alpha value is -0.780. The Morgan fingerprint density at radius 1 is 0.833 bits per heavy atom. The van der Waals surface area contributed by atoms with E-state index < -0.39 is 21.0 Å². The summed E-state index contributed by atoms with van der Waals surface area (Å²) in [6.45, 7) is 6.27. The summed E-state index contributed by atoms with van der Waals surface area (Å²) in [7, 11) is -9.63. The van der Waals surface area contributed by atoms with Crippen LogP contribution in [0.5, 0.6) is 0 Å². The largest absolute Gasteiger partial charge is 0.310 e. The first-order valence-corrected chi connectivity index (χ1v) is 7.55. The van der Waals surface area contributed by atoms with Crippen LogP contribution in [0.3, 0.4) is 0 Å². The lowest BCUT2D eigenvalue weighted by Crippen LogP contribution is -2.11. The van der Waals surface area contributed by atoms with Crippen LogP contribution in [0.4, 0.5) is 19.4 Å². The van der Waals surface area contributed by atoms with Crippen LogP contribution >= 0.6 is 10.2 Å². The van der Waals surface area contributed by atoms with Crippen molar-refractivity contribution in [3.8, 4) is 0 Å². The second-order valence-electron chi connectivity index (χ2n) is 5.08. The maximum atomic E-state index is 13.0. The maximum Gasteiger partial charge on any atom is 0.310 e. The molecule has 0 aromatic heterocycles. The van der Waals surface area contributed by atoms with Crippen molar-refractivity contribution in [2.45, 2.75) is 44.4 Å². The van der Waals surface area contributed by atoms with E-state index in [1.54, 1.807) is 13.8 Å². The molecular formula is C12H17F5S. The highest BCUT2D eigenvalue weighted by molar-refractivity contribution is 8.45. The summed E-state index contributed by atoms with van der Waals surface area (Å²) in [5.41, 5.74) is -0.0822. The number of benzene rings is 1. The summed E-state index contributed by atoms with van der Waals surface area (Å²) in [6, 6.07) is 3.24. The van der Waals surface area contributed by atoms with Gasteiger partial charge in [-0.1, -0.05) is 59.3 Å². The lowest BCUT2D eigenvalue weighted by molar-refractivity contribution is 0.361. The van der Waals surface area contributed by atoms with Crippen LogP contribution in [0.2, 0.25) is 0 Å². The molecule has 1 aromatic rings. The molecule has 0 spiro atoms. The minimum absolute atomic E-state index is 0.232. The molecule has 0 heterocycles. The minimum atomic E-state index is -9.63. The third-order valence-electron chi connectivity index (χ3n) is 2.74. The molecule has 0 radical (unpaired) electrons. The lowest BCUT2D eigenvalue weighted by Gasteiger charge is -2.42. The molecule has 0 saturated heterocycles. The summed E-state index contributed by atoms with van der Waals surface area (Å²) >= 11 is 0. The van der Waals surface area contributed by atoms with Gasteiger partial charge in [0.15, 0.2) is 0 Å². The number of hydrogen-bond acceptors (Lipinski definition) is 0. The number of rotatable bonds is 3. The first-order valence-electron chi connectivity index (χ1n) is 5.60. The van der Waals surface area contributed by atoms with Gasteiger partial charge in [-0.05, 0) is 29.0 Å². The van der Waals surface area contributed by atoms with Crippen LogP contribution in [0.15, 0.2) is 23.1 Å². The molecule has 0 bridgehead atoms. The van der Waals surface area contributed by atoms with Gasteiger partial charge in [-0.25, -0.2) is 0 Å². The van der Waals surface area contributed by atoms with Gasteiger partial charge >= 0.3 is 10.2 Å². The molecule has 0 N–H and O–H groups in total. The zero-order valence-corrected chi connectivity index (χ0v) is 11.5. The molecular weight excluding hydrogens is 271 g/mol. The van der Waals surface area contributed by atoms with Crippen molar-refractivity contribution in [3.05, 3.63) is 29.3 Å². The molecule has 0 saturated carbocycles. The SMILES string of the molecule is CC(C)c1ccc(C(C)C)c(S(F)(F)(F)(F)F)c1. The third kappa shape index (κ3) is 3.37. The summed E-state index contributed by atoms with van der Waals surface area (Å²) in [5.74, 6) is -0.838. The van der Waals surface area contributed by atoms with Gasteiger partial charge in [-0.15, -0.1) is 0 Å². The molecule has 18 heavy (non-hydrogen) atoms. The first kappa shape index (κ1) is 15.3. The number of hydrogen-bond donors (Lipinski definition) is 0. The molecule has 106 valence electrons. The van der Waals surface area contributed by atoms with E-state index in [0.29, 0.717) is 6.07 Å². The van der Waals surface area contributed by atoms with Gasteiger partial charge in [-0.3, -0.25) is 0 Å². The van der Waals surface area contributed by atoms with Crippen LogP contribution in [-0.2, 0) is 0 Å². The molecule has 0 unspecified atom stereocenters. The molecule has 0 atom stereocenters. The zero-order chi connectivity index (χ0) is 14.4. The minimum Gasteiger partial charge on any atom is -0.0936 e. The van der Waals surface area contributed by atoms with Crippen LogP contribution in [-0.4, -0.2) is 0 Å². The standard InChI is InChI=1S/C12H17F5S/c1-8(2)10-5-6-11(9(3)4)12(7-10)18(13,14,15,16)17/h5-9H,1-4H3. The predicted molar refractivity (Wildman–Crippen MR) is 66.0 cm³/mol. The van der Waals surface area contributed by atoms with Gasteiger partial charge in [0.25, 0.3) is 0 Å². The number of halogens is 5. The van der Waals surface area contributed by atoms with E-state index in [9.17, 15) is 19.4 Å². The predicted octanol–water partition coefficient (Wildman–Crippen LogP) is 6.59. The van der Waals surface area contributed by atoms with Gasteiger partial charge in [0.1, 0.15) is 4.90 Å². The average Bonchev–Trinajstić information content (AvgIpc) is 2.13. The van der Waals surface area contributed by atoms with Crippen molar-refractivity contribution in [1.82, 2.24) is 0 Å². The van der Waals surface area contributed by atoms with Gasteiger partial charge in [0, 0.05) is 0 Å². The highest BCUT2D eigenvalue weighted by Gasteiger charge is 2.66. The van der Waals surface area contributed by atoms with E-state index in [1.807, 2.05) is 0 Å². The summed E-state index contributed by atoms with van der Waals surface area (Å²) in [6.07, 6.45) is 0. The van der Waals surface area contributed by atoms with Gasteiger partial charge in [0.2, 0.25) is 0 Å². The Labute approximate surface area is 104 Å². The molecule has 0 amide bonds. The third-order valence-corrected chi connectivity index (χ3v) is 3.93.